The number of anilines is 2. The normalized spacial score (nSPS) is 15.2. The number of amides is 1. The molecular formula is C32H32N2O2. The van der Waals surface area contributed by atoms with Crippen LogP contribution in [0, 0.1) is 12.8 Å². The SMILES string of the molecule is Cc1ccc(N2C(=O)c3ccccc3N(Cc3ccccc3)[C@@H]2c2ccc(OCC(C)C)cc2)cc1. The quantitative estimate of drug-likeness (QED) is 0.279. The largest absolute Gasteiger partial charge is 0.493 e. The number of ether oxygens (including phenoxy) is 1. The van der Waals surface area contributed by atoms with Gasteiger partial charge in [0.05, 0.1) is 17.9 Å². The first-order chi connectivity index (χ1) is 17.5. The monoisotopic (exact) mass is 476 g/mol. The molecule has 182 valence electrons. The molecular weight excluding hydrogens is 444 g/mol. The number of benzene rings is 4. The van der Waals surface area contributed by atoms with E-state index in [1.165, 1.54) is 5.56 Å². The third-order valence-electron chi connectivity index (χ3n) is 6.47. The summed E-state index contributed by atoms with van der Waals surface area (Å²) >= 11 is 0. The van der Waals surface area contributed by atoms with Crippen LogP contribution in [0.25, 0.3) is 0 Å². The van der Waals surface area contributed by atoms with E-state index in [2.05, 4.69) is 80.3 Å². The molecule has 4 nitrogen and oxygen atoms in total. The molecule has 36 heavy (non-hydrogen) atoms. The van der Waals surface area contributed by atoms with Crippen LogP contribution in [0.4, 0.5) is 11.4 Å². The van der Waals surface area contributed by atoms with Gasteiger partial charge in [-0.05, 0) is 60.4 Å². The Bertz CT molecular complexity index is 1310. The zero-order valence-corrected chi connectivity index (χ0v) is 21.1. The van der Waals surface area contributed by atoms with Crippen LogP contribution in [-0.4, -0.2) is 12.5 Å². The van der Waals surface area contributed by atoms with Gasteiger partial charge >= 0.3 is 0 Å². The summed E-state index contributed by atoms with van der Waals surface area (Å²) in [5.74, 6) is 1.30. The van der Waals surface area contributed by atoms with Crippen LogP contribution in [0.2, 0.25) is 0 Å². The van der Waals surface area contributed by atoms with Crippen LogP contribution >= 0.6 is 0 Å². The lowest BCUT2D eigenvalue weighted by atomic mass is 9.99. The predicted octanol–water partition coefficient (Wildman–Crippen LogP) is 7.40. The Morgan fingerprint density at radius 3 is 2.17 bits per heavy atom. The number of rotatable bonds is 7. The first-order valence-corrected chi connectivity index (χ1v) is 12.5. The average molecular weight is 477 g/mol. The number of fused-ring (bicyclic) bond motifs is 1. The van der Waals surface area contributed by atoms with Gasteiger partial charge in [0.25, 0.3) is 5.91 Å². The lowest BCUT2D eigenvalue weighted by molar-refractivity contribution is 0.0968. The Labute approximate surface area is 213 Å². The van der Waals surface area contributed by atoms with Crippen LogP contribution < -0.4 is 14.5 Å². The fourth-order valence-corrected chi connectivity index (χ4v) is 4.66. The second kappa shape index (κ2) is 10.3. The molecule has 0 bridgehead atoms. The highest BCUT2D eigenvalue weighted by atomic mass is 16.5. The second-order valence-corrected chi connectivity index (χ2v) is 9.79. The molecule has 1 atom stereocenters. The van der Waals surface area contributed by atoms with Crippen molar-refractivity contribution in [2.75, 3.05) is 16.4 Å². The molecule has 4 aromatic rings. The zero-order chi connectivity index (χ0) is 25.1. The van der Waals surface area contributed by atoms with Gasteiger partial charge in [-0.25, -0.2) is 0 Å². The third kappa shape index (κ3) is 4.85. The fraction of sp³-hybridized carbons (Fsp3) is 0.219. The molecule has 0 aliphatic carbocycles. The Morgan fingerprint density at radius 2 is 1.47 bits per heavy atom. The number of aryl methyl sites for hydroxylation is 1. The summed E-state index contributed by atoms with van der Waals surface area (Å²) in [6, 6.07) is 34.7. The Balaban J connectivity index is 1.63. The molecule has 0 radical (unpaired) electrons. The van der Waals surface area contributed by atoms with Crippen molar-refractivity contribution in [3.8, 4) is 5.75 Å². The van der Waals surface area contributed by atoms with Gasteiger partial charge in [-0.2, -0.15) is 0 Å². The molecule has 0 saturated carbocycles. The molecule has 0 N–H and O–H groups in total. The standard InChI is InChI=1S/C32H32N2O2/c1-23(2)22-36-28-19-15-26(16-20-28)31-33(21-25-9-5-4-6-10-25)30-12-8-7-11-29(30)32(35)34(31)27-17-13-24(3)14-18-27/h4-20,23,31H,21-22H2,1-3H3/t31-/m0/s1. The molecule has 5 rings (SSSR count). The fourth-order valence-electron chi connectivity index (χ4n) is 4.66. The number of hydrogen-bond acceptors (Lipinski definition) is 3. The number of para-hydroxylation sites is 1. The highest BCUT2D eigenvalue weighted by Gasteiger charge is 2.39. The number of carbonyl (C=O) groups excluding carboxylic acids is 1. The molecule has 1 heterocycles. The van der Waals surface area contributed by atoms with E-state index in [0.717, 1.165) is 28.3 Å². The molecule has 4 heteroatoms. The number of hydrogen-bond donors (Lipinski definition) is 0. The first kappa shape index (κ1) is 23.7. The van der Waals surface area contributed by atoms with E-state index < -0.39 is 0 Å². The van der Waals surface area contributed by atoms with Gasteiger partial charge in [0.1, 0.15) is 11.9 Å². The summed E-state index contributed by atoms with van der Waals surface area (Å²) in [6.07, 6.45) is -0.311. The van der Waals surface area contributed by atoms with Crippen LogP contribution in [0.15, 0.2) is 103 Å². The van der Waals surface area contributed by atoms with E-state index in [9.17, 15) is 4.79 Å². The highest BCUT2D eigenvalue weighted by molar-refractivity contribution is 6.12. The van der Waals surface area contributed by atoms with Crippen LogP contribution in [-0.2, 0) is 6.54 Å². The Kier molecular flexibility index (Phi) is 6.77. The summed E-state index contributed by atoms with van der Waals surface area (Å²) in [5.41, 5.74) is 5.91. The van der Waals surface area contributed by atoms with Gasteiger partial charge in [0.2, 0.25) is 0 Å². The van der Waals surface area contributed by atoms with Gasteiger partial charge in [-0.1, -0.05) is 86.1 Å². The van der Waals surface area contributed by atoms with Gasteiger partial charge in [0.15, 0.2) is 0 Å². The maximum atomic E-state index is 14.0. The van der Waals surface area contributed by atoms with Crippen molar-refractivity contribution in [3.63, 3.8) is 0 Å². The molecule has 0 spiro atoms. The first-order valence-electron chi connectivity index (χ1n) is 12.5. The number of carbonyl (C=O) groups is 1. The minimum atomic E-state index is -0.311. The maximum absolute atomic E-state index is 14.0. The predicted molar refractivity (Wildman–Crippen MR) is 147 cm³/mol. The van der Waals surface area contributed by atoms with Gasteiger partial charge in [0, 0.05) is 12.2 Å². The Hall–Kier alpha value is -4.05. The van der Waals surface area contributed by atoms with Crippen molar-refractivity contribution in [1.29, 1.82) is 0 Å². The van der Waals surface area contributed by atoms with E-state index in [0.29, 0.717) is 24.6 Å². The van der Waals surface area contributed by atoms with Crippen LogP contribution in [0.1, 0.15) is 47.1 Å². The summed E-state index contributed by atoms with van der Waals surface area (Å²) in [5, 5.41) is 0. The van der Waals surface area contributed by atoms with Crippen LogP contribution in [0.5, 0.6) is 5.75 Å². The van der Waals surface area contributed by atoms with Crippen molar-refractivity contribution in [3.05, 3.63) is 125 Å². The third-order valence-corrected chi connectivity index (χ3v) is 6.47. The molecule has 4 aromatic carbocycles. The number of nitrogens with zero attached hydrogens (tertiary/aromatic N) is 2. The Morgan fingerprint density at radius 1 is 0.806 bits per heavy atom. The van der Waals surface area contributed by atoms with Crippen molar-refractivity contribution in [2.45, 2.75) is 33.5 Å². The molecule has 0 saturated heterocycles. The molecule has 1 aliphatic rings. The van der Waals surface area contributed by atoms with E-state index in [4.69, 9.17) is 4.74 Å². The second-order valence-electron chi connectivity index (χ2n) is 9.79. The summed E-state index contributed by atoms with van der Waals surface area (Å²) in [4.78, 5) is 18.3. The van der Waals surface area contributed by atoms with Gasteiger partial charge in [-0.15, -0.1) is 0 Å². The zero-order valence-electron chi connectivity index (χ0n) is 21.1. The lowest BCUT2D eigenvalue weighted by Crippen LogP contribution is -2.49. The smallest absolute Gasteiger partial charge is 0.262 e. The lowest BCUT2D eigenvalue weighted by Gasteiger charge is -2.46. The van der Waals surface area contributed by atoms with Crippen molar-refractivity contribution in [1.82, 2.24) is 0 Å². The molecule has 1 aliphatic heterocycles. The minimum Gasteiger partial charge on any atom is -0.493 e. The average Bonchev–Trinajstić information content (AvgIpc) is 2.90. The van der Waals surface area contributed by atoms with Crippen molar-refractivity contribution >= 4 is 17.3 Å². The van der Waals surface area contributed by atoms with Crippen LogP contribution in [0.3, 0.4) is 0 Å². The summed E-state index contributed by atoms with van der Waals surface area (Å²) in [7, 11) is 0. The molecule has 0 aromatic heterocycles. The molecule has 0 unspecified atom stereocenters. The van der Waals surface area contributed by atoms with Gasteiger partial charge < -0.3 is 9.64 Å². The van der Waals surface area contributed by atoms with E-state index in [1.807, 2.05) is 53.4 Å². The highest BCUT2D eigenvalue weighted by Crippen LogP contribution is 2.42. The van der Waals surface area contributed by atoms with E-state index in [-0.39, 0.29) is 12.1 Å². The summed E-state index contributed by atoms with van der Waals surface area (Å²) in [6.45, 7) is 7.68. The maximum Gasteiger partial charge on any atom is 0.262 e. The van der Waals surface area contributed by atoms with Gasteiger partial charge in [-0.3, -0.25) is 9.69 Å². The van der Waals surface area contributed by atoms with Crippen molar-refractivity contribution in [2.24, 2.45) is 5.92 Å². The van der Waals surface area contributed by atoms with E-state index in [1.54, 1.807) is 0 Å². The molecule has 1 amide bonds. The topological polar surface area (TPSA) is 32.8 Å². The van der Waals surface area contributed by atoms with Crippen molar-refractivity contribution < 1.29 is 9.53 Å². The molecule has 0 fully saturated rings. The minimum absolute atomic E-state index is 0.00361. The van der Waals surface area contributed by atoms with E-state index >= 15 is 0 Å². The summed E-state index contributed by atoms with van der Waals surface area (Å²) < 4.78 is 5.94.